The van der Waals surface area contributed by atoms with Gasteiger partial charge in [0.25, 0.3) is 0 Å². The maximum absolute atomic E-state index is 12.8. The summed E-state index contributed by atoms with van der Waals surface area (Å²) in [6.07, 6.45) is 3.49. The van der Waals surface area contributed by atoms with Crippen molar-refractivity contribution in [3.63, 3.8) is 0 Å². The zero-order chi connectivity index (χ0) is 17.8. The van der Waals surface area contributed by atoms with Crippen LogP contribution in [-0.4, -0.2) is 26.6 Å². The fourth-order valence-corrected chi connectivity index (χ4v) is 3.07. The van der Waals surface area contributed by atoms with Crippen LogP contribution in [0.3, 0.4) is 0 Å². The van der Waals surface area contributed by atoms with Crippen LogP contribution in [0.15, 0.2) is 42.0 Å². The highest BCUT2D eigenvalue weighted by molar-refractivity contribution is 6.13. The number of carbonyl (C=O) groups is 1. The highest BCUT2D eigenvalue weighted by atomic mass is 16.5. The Balaban J connectivity index is 1.90. The van der Waals surface area contributed by atoms with Crippen molar-refractivity contribution in [2.24, 2.45) is 0 Å². The normalized spacial score (nSPS) is 15.0. The van der Waals surface area contributed by atoms with Gasteiger partial charge in [-0.05, 0) is 67.3 Å². The van der Waals surface area contributed by atoms with Gasteiger partial charge >= 0.3 is 0 Å². The zero-order valence-corrected chi connectivity index (χ0v) is 14.8. The molecule has 0 fully saturated rings. The Morgan fingerprint density at radius 2 is 1.84 bits per heavy atom. The molecule has 0 aliphatic heterocycles. The molecule has 130 valence electrons. The number of aryl methyl sites for hydroxylation is 1. The number of fused-ring (bicyclic) bond motifs is 1. The smallest absolute Gasteiger partial charge is 0.189 e. The van der Waals surface area contributed by atoms with Crippen molar-refractivity contribution in [1.82, 2.24) is 0 Å². The molecule has 0 atom stereocenters. The first-order valence-electron chi connectivity index (χ1n) is 8.39. The van der Waals surface area contributed by atoms with Crippen LogP contribution in [-0.2, 0) is 6.42 Å². The van der Waals surface area contributed by atoms with Crippen molar-refractivity contribution in [2.75, 3.05) is 20.8 Å². The average Bonchev–Trinajstić information content (AvgIpc) is 2.65. The molecule has 0 N–H and O–H groups in total. The van der Waals surface area contributed by atoms with Crippen LogP contribution in [0.4, 0.5) is 0 Å². The van der Waals surface area contributed by atoms with E-state index in [1.807, 2.05) is 49.4 Å². The molecule has 1 aliphatic carbocycles. The quantitative estimate of drug-likeness (QED) is 0.762. The lowest BCUT2D eigenvalue weighted by Crippen LogP contribution is -2.14. The highest BCUT2D eigenvalue weighted by Crippen LogP contribution is 2.32. The van der Waals surface area contributed by atoms with Crippen molar-refractivity contribution < 1.29 is 19.0 Å². The van der Waals surface area contributed by atoms with Gasteiger partial charge in [-0.25, -0.2) is 0 Å². The summed E-state index contributed by atoms with van der Waals surface area (Å²) in [6.45, 7) is 2.51. The second kappa shape index (κ2) is 7.43. The molecule has 0 unspecified atom stereocenters. The Bertz CT molecular complexity index is 821. The largest absolute Gasteiger partial charge is 0.497 e. The van der Waals surface area contributed by atoms with Gasteiger partial charge in [-0.2, -0.15) is 0 Å². The van der Waals surface area contributed by atoms with Crippen LogP contribution in [0.25, 0.3) is 6.08 Å². The van der Waals surface area contributed by atoms with Crippen LogP contribution in [0.5, 0.6) is 17.2 Å². The van der Waals surface area contributed by atoms with Crippen LogP contribution in [0.1, 0.15) is 34.8 Å². The summed E-state index contributed by atoms with van der Waals surface area (Å²) in [6, 6.07) is 11.3. The van der Waals surface area contributed by atoms with E-state index in [1.165, 1.54) is 0 Å². The van der Waals surface area contributed by atoms with E-state index in [9.17, 15) is 4.79 Å². The molecule has 4 nitrogen and oxygen atoms in total. The molecule has 2 aromatic rings. The molecule has 3 rings (SSSR count). The molecule has 1 aliphatic rings. The summed E-state index contributed by atoms with van der Waals surface area (Å²) in [7, 11) is 3.25. The molecule has 0 saturated carbocycles. The standard InChI is InChI=1S/C21H22O4/c1-4-25-19-10-5-14(12-20(19)24-3)11-16-7-6-15-13-17(23-2)8-9-18(15)21(16)22/h5,8-13H,4,6-7H2,1-3H3/b16-11-. The summed E-state index contributed by atoms with van der Waals surface area (Å²) in [4.78, 5) is 12.8. The molecule has 0 saturated heterocycles. The number of carbonyl (C=O) groups excluding carboxylic acids is 1. The van der Waals surface area contributed by atoms with Gasteiger partial charge in [0, 0.05) is 11.1 Å². The van der Waals surface area contributed by atoms with Crippen LogP contribution < -0.4 is 14.2 Å². The predicted molar refractivity (Wildman–Crippen MR) is 97.8 cm³/mol. The number of hydrogen-bond acceptors (Lipinski definition) is 4. The number of methoxy groups -OCH3 is 2. The molecule has 0 radical (unpaired) electrons. The number of rotatable bonds is 5. The lowest BCUT2D eigenvalue weighted by molar-refractivity contribution is 0.102. The third-order valence-electron chi connectivity index (χ3n) is 4.34. The number of Topliss-reactive ketones (excluding diaryl/α,β-unsaturated/α-hetero) is 1. The molecule has 25 heavy (non-hydrogen) atoms. The van der Waals surface area contributed by atoms with Crippen LogP contribution >= 0.6 is 0 Å². The first kappa shape index (κ1) is 17.1. The van der Waals surface area contributed by atoms with E-state index in [0.717, 1.165) is 34.4 Å². The van der Waals surface area contributed by atoms with Gasteiger partial charge in [0.1, 0.15) is 5.75 Å². The number of benzene rings is 2. The molecule has 0 heterocycles. The van der Waals surface area contributed by atoms with E-state index in [4.69, 9.17) is 14.2 Å². The molecule has 4 heteroatoms. The summed E-state index contributed by atoms with van der Waals surface area (Å²) in [5.41, 5.74) is 3.55. The van der Waals surface area contributed by atoms with E-state index in [0.29, 0.717) is 24.5 Å². The second-order valence-electron chi connectivity index (χ2n) is 5.87. The number of ketones is 1. The van der Waals surface area contributed by atoms with Crippen molar-refractivity contribution >= 4 is 11.9 Å². The molecular weight excluding hydrogens is 316 g/mol. The average molecular weight is 338 g/mol. The minimum Gasteiger partial charge on any atom is -0.497 e. The maximum atomic E-state index is 12.8. The van der Waals surface area contributed by atoms with Crippen LogP contribution in [0.2, 0.25) is 0 Å². The lowest BCUT2D eigenvalue weighted by atomic mass is 9.86. The van der Waals surface area contributed by atoms with Gasteiger partial charge < -0.3 is 14.2 Å². The zero-order valence-electron chi connectivity index (χ0n) is 14.8. The van der Waals surface area contributed by atoms with Crippen molar-refractivity contribution in [3.05, 3.63) is 58.7 Å². The predicted octanol–water partition coefficient (Wildman–Crippen LogP) is 4.32. The Hall–Kier alpha value is -2.75. The van der Waals surface area contributed by atoms with E-state index >= 15 is 0 Å². The SMILES string of the molecule is CCOc1ccc(/C=C2/CCc3cc(OC)ccc3C2=O)cc1OC. The van der Waals surface area contributed by atoms with E-state index < -0.39 is 0 Å². The van der Waals surface area contributed by atoms with Gasteiger partial charge in [-0.15, -0.1) is 0 Å². The third kappa shape index (κ3) is 3.53. The van der Waals surface area contributed by atoms with Gasteiger partial charge in [0.2, 0.25) is 0 Å². The molecule has 0 aromatic heterocycles. The highest BCUT2D eigenvalue weighted by Gasteiger charge is 2.22. The van der Waals surface area contributed by atoms with Gasteiger partial charge in [0.05, 0.1) is 20.8 Å². The minimum atomic E-state index is 0.0803. The monoisotopic (exact) mass is 338 g/mol. The molecule has 2 aromatic carbocycles. The minimum absolute atomic E-state index is 0.0803. The maximum Gasteiger partial charge on any atom is 0.189 e. The fraction of sp³-hybridized carbons (Fsp3) is 0.286. The summed E-state index contributed by atoms with van der Waals surface area (Å²) in [5.74, 6) is 2.25. The van der Waals surface area contributed by atoms with E-state index in [2.05, 4.69) is 0 Å². The van der Waals surface area contributed by atoms with E-state index in [1.54, 1.807) is 14.2 Å². The Labute approximate surface area is 148 Å². The van der Waals surface area contributed by atoms with E-state index in [-0.39, 0.29) is 5.78 Å². The fourth-order valence-electron chi connectivity index (χ4n) is 3.07. The van der Waals surface area contributed by atoms with Gasteiger partial charge in [0.15, 0.2) is 17.3 Å². The Morgan fingerprint density at radius 1 is 1.00 bits per heavy atom. The lowest BCUT2D eigenvalue weighted by Gasteiger charge is -2.18. The molecule has 0 amide bonds. The molecule has 0 bridgehead atoms. The van der Waals surface area contributed by atoms with Gasteiger partial charge in [-0.1, -0.05) is 6.07 Å². The van der Waals surface area contributed by atoms with Crippen molar-refractivity contribution in [3.8, 4) is 17.2 Å². The topological polar surface area (TPSA) is 44.8 Å². The van der Waals surface area contributed by atoms with Crippen molar-refractivity contribution in [1.29, 1.82) is 0 Å². The van der Waals surface area contributed by atoms with Gasteiger partial charge in [-0.3, -0.25) is 4.79 Å². The Morgan fingerprint density at radius 3 is 2.56 bits per heavy atom. The second-order valence-corrected chi connectivity index (χ2v) is 5.87. The molecular formula is C21H22O4. The summed E-state index contributed by atoms with van der Waals surface area (Å²) < 4.78 is 16.2. The first-order valence-corrected chi connectivity index (χ1v) is 8.39. The first-order chi connectivity index (χ1) is 12.2. The Kier molecular flexibility index (Phi) is 5.08. The number of ether oxygens (including phenoxy) is 3. The van der Waals surface area contributed by atoms with Crippen molar-refractivity contribution in [2.45, 2.75) is 19.8 Å². The number of allylic oxidation sites excluding steroid dienone is 1. The third-order valence-corrected chi connectivity index (χ3v) is 4.34. The number of hydrogen-bond donors (Lipinski definition) is 0. The summed E-state index contributed by atoms with van der Waals surface area (Å²) >= 11 is 0. The summed E-state index contributed by atoms with van der Waals surface area (Å²) in [5, 5.41) is 0. The molecule has 0 spiro atoms. The van der Waals surface area contributed by atoms with Crippen LogP contribution in [0, 0.1) is 0 Å².